The number of amides is 3. The Morgan fingerprint density at radius 2 is 1.73 bits per heavy atom. The summed E-state index contributed by atoms with van der Waals surface area (Å²) < 4.78 is 29.9. The van der Waals surface area contributed by atoms with E-state index in [-0.39, 0.29) is 5.56 Å². The SMILES string of the molecule is Cc1cc(C(=O)CN2C(=O)N[C@@](C)(c3cc(F)ccc3F)C2=O)c(C)n1-c1ccc(Cl)cc1. The van der Waals surface area contributed by atoms with Crippen molar-refractivity contribution in [2.75, 3.05) is 6.54 Å². The fourth-order valence-corrected chi connectivity index (χ4v) is 4.29. The topological polar surface area (TPSA) is 71.4 Å². The molecule has 1 aliphatic heterocycles. The van der Waals surface area contributed by atoms with Crippen LogP contribution in [-0.4, -0.2) is 33.7 Å². The minimum absolute atomic E-state index is 0.309. The maximum Gasteiger partial charge on any atom is 0.325 e. The van der Waals surface area contributed by atoms with Crippen LogP contribution < -0.4 is 5.32 Å². The molecule has 9 heteroatoms. The molecule has 1 fully saturated rings. The zero-order chi connectivity index (χ0) is 24.1. The van der Waals surface area contributed by atoms with Crippen molar-refractivity contribution < 1.29 is 23.2 Å². The number of nitrogens with zero attached hydrogens (tertiary/aromatic N) is 2. The Bertz CT molecular complexity index is 1300. The summed E-state index contributed by atoms with van der Waals surface area (Å²) in [5.41, 5.74) is 0.416. The van der Waals surface area contributed by atoms with Crippen LogP contribution in [0, 0.1) is 25.5 Å². The van der Waals surface area contributed by atoms with Crippen molar-refractivity contribution in [3.05, 3.63) is 87.7 Å². The Labute approximate surface area is 193 Å². The molecule has 0 radical (unpaired) electrons. The van der Waals surface area contributed by atoms with Crippen molar-refractivity contribution in [3.8, 4) is 5.69 Å². The summed E-state index contributed by atoms with van der Waals surface area (Å²) in [5, 5.41) is 2.97. The van der Waals surface area contributed by atoms with E-state index in [4.69, 9.17) is 11.6 Å². The van der Waals surface area contributed by atoms with Crippen LogP contribution in [0.1, 0.15) is 34.2 Å². The molecule has 1 aliphatic rings. The highest BCUT2D eigenvalue weighted by molar-refractivity contribution is 6.30. The first-order valence-corrected chi connectivity index (χ1v) is 10.5. The van der Waals surface area contributed by atoms with Crippen LogP contribution in [0.2, 0.25) is 5.02 Å². The lowest BCUT2D eigenvalue weighted by atomic mass is 9.91. The van der Waals surface area contributed by atoms with Crippen LogP contribution >= 0.6 is 11.6 Å². The second-order valence-electron chi connectivity index (χ2n) is 8.09. The van der Waals surface area contributed by atoms with Crippen molar-refractivity contribution in [2.24, 2.45) is 0 Å². The standard InChI is InChI=1S/C24H20ClF2N3O3/c1-13-10-18(14(2)30(13)17-7-4-15(25)5-8-17)21(31)12-29-22(32)24(3,28-23(29)33)19-11-16(26)6-9-20(19)27/h4-11H,12H2,1-3H3,(H,28,33)/t24-/m0/s1. The number of carbonyl (C=O) groups is 3. The first kappa shape index (κ1) is 22.7. The van der Waals surface area contributed by atoms with Gasteiger partial charge in [-0.15, -0.1) is 0 Å². The van der Waals surface area contributed by atoms with E-state index in [1.807, 2.05) is 23.6 Å². The number of benzene rings is 2. The Kier molecular flexibility index (Phi) is 5.57. The number of hydrogen-bond donors (Lipinski definition) is 1. The van der Waals surface area contributed by atoms with E-state index in [1.165, 1.54) is 6.92 Å². The summed E-state index contributed by atoms with van der Waals surface area (Å²) in [5.74, 6) is -2.89. The zero-order valence-electron chi connectivity index (χ0n) is 18.1. The predicted molar refractivity (Wildman–Crippen MR) is 119 cm³/mol. The summed E-state index contributed by atoms with van der Waals surface area (Å²) in [4.78, 5) is 39.4. The van der Waals surface area contributed by atoms with E-state index in [0.717, 1.165) is 34.5 Å². The molecule has 0 unspecified atom stereocenters. The summed E-state index contributed by atoms with van der Waals surface area (Å²) >= 11 is 5.96. The van der Waals surface area contributed by atoms with Crippen molar-refractivity contribution in [1.29, 1.82) is 0 Å². The van der Waals surface area contributed by atoms with Gasteiger partial charge in [-0.2, -0.15) is 0 Å². The molecule has 3 amide bonds. The number of hydrogen-bond acceptors (Lipinski definition) is 3. The average Bonchev–Trinajstić information content (AvgIpc) is 3.18. The number of Topliss-reactive ketones (excluding diaryl/α,β-unsaturated/α-hetero) is 1. The number of halogens is 3. The highest BCUT2D eigenvalue weighted by atomic mass is 35.5. The molecule has 4 rings (SSSR count). The lowest BCUT2D eigenvalue weighted by molar-refractivity contribution is -0.130. The minimum atomic E-state index is -1.83. The lowest BCUT2D eigenvalue weighted by Crippen LogP contribution is -2.42. The van der Waals surface area contributed by atoms with Gasteiger partial charge in [0.05, 0.1) is 6.54 Å². The normalized spacial score (nSPS) is 18.1. The molecule has 2 heterocycles. The third-order valence-electron chi connectivity index (χ3n) is 5.86. The maximum atomic E-state index is 14.3. The van der Waals surface area contributed by atoms with E-state index in [1.54, 1.807) is 25.1 Å². The molecule has 2 aromatic carbocycles. The van der Waals surface area contributed by atoms with Gasteiger partial charge >= 0.3 is 6.03 Å². The van der Waals surface area contributed by atoms with Crippen molar-refractivity contribution in [1.82, 2.24) is 14.8 Å². The third-order valence-corrected chi connectivity index (χ3v) is 6.11. The number of ketones is 1. The largest absolute Gasteiger partial charge is 0.325 e. The van der Waals surface area contributed by atoms with Crippen LogP contribution in [0.4, 0.5) is 13.6 Å². The number of nitrogens with one attached hydrogen (secondary N) is 1. The Morgan fingerprint density at radius 3 is 2.39 bits per heavy atom. The Hall–Kier alpha value is -3.52. The van der Waals surface area contributed by atoms with Gasteiger partial charge in [-0.25, -0.2) is 13.6 Å². The van der Waals surface area contributed by atoms with Gasteiger partial charge in [-0.05, 0) is 69.3 Å². The molecule has 0 aliphatic carbocycles. The van der Waals surface area contributed by atoms with Crippen molar-refractivity contribution in [2.45, 2.75) is 26.3 Å². The average molecular weight is 472 g/mol. The highest BCUT2D eigenvalue weighted by Gasteiger charge is 2.51. The lowest BCUT2D eigenvalue weighted by Gasteiger charge is -2.22. The zero-order valence-corrected chi connectivity index (χ0v) is 18.8. The molecule has 33 heavy (non-hydrogen) atoms. The van der Waals surface area contributed by atoms with Gasteiger partial charge < -0.3 is 9.88 Å². The van der Waals surface area contributed by atoms with Gasteiger partial charge in [-0.3, -0.25) is 14.5 Å². The molecule has 1 atom stereocenters. The number of aromatic nitrogens is 1. The van der Waals surface area contributed by atoms with Crippen LogP contribution in [-0.2, 0) is 10.3 Å². The summed E-state index contributed by atoms with van der Waals surface area (Å²) in [6.07, 6.45) is 0. The quantitative estimate of drug-likeness (QED) is 0.434. The fraction of sp³-hybridized carbons (Fsp3) is 0.208. The number of urea groups is 1. The maximum absolute atomic E-state index is 14.3. The molecule has 1 N–H and O–H groups in total. The Morgan fingerprint density at radius 1 is 1.06 bits per heavy atom. The monoisotopic (exact) mass is 471 g/mol. The first-order valence-electron chi connectivity index (χ1n) is 10.1. The van der Waals surface area contributed by atoms with E-state index in [9.17, 15) is 23.2 Å². The number of rotatable bonds is 5. The van der Waals surface area contributed by atoms with E-state index < -0.39 is 41.4 Å². The second kappa shape index (κ2) is 8.12. The minimum Gasteiger partial charge on any atom is -0.319 e. The van der Waals surface area contributed by atoms with Crippen LogP contribution in [0.15, 0.2) is 48.5 Å². The van der Waals surface area contributed by atoms with Crippen molar-refractivity contribution >= 4 is 29.3 Å². The molecule has 3 aromatic rings. The summed E-state index contributed by atoms with van der Waals surface area (Å²) in [6, 6.07) is 10.6. The number of aryl methyl sites for hydroxylation is 1. The van der Waals surface area contributed by atoms with Crippen molar-refractivity contribution in [3.63, 3.8) is 0 Å². The molecule has 0 saturated carbocycles. The molecule has 1 aromatic heterocycles. The third kappa shape index (κ3) is 3.80. The molecule has 0 spiro atoms. The smallest absolute Gasteiger partial charge is 0.319 e. The van der Waals surface area contributed by atoms with E-state index >= 15 is 0 Å². The van der Waals surface area contributed by atoms with E-state index in [2.05, 4.69) is 5.32 Å². The van der Waals surface area contributed by atoms with Crippen LogP contribution in [0.5, 0.6) is 0 Å². The molecule has 6 nitrogen and oxygen atoms in total. The molecule has 1 saturated heterocycles. The van der Waals surface area contributed by atoms with Gasteiger partial charge in [0, 0.05) is 33.2 Å². The van der Waals surface area contributed by atoms with Crippen LogP contribution in [0.3, 0.4) is 0 Å². The molecule has 170 valence electrons. The van der Waals surface area contributed by atoms with Gasteiger partial charge in [0.2, 0.25) is 0 Å². The summed E-state index contributed by atoms with van der Waals surface area (Å²) in [7, 11) is 0. The highest BCUT2D eigenvalue weighted by Crippen LogP contribution is 2.32. The number of carbonyl (C=O) groups excluding carboxylic acids is 3. The van der Waals surface area contributed by atoms with Gasteiger partial charge in [0.25, 0.3) is 5.91 Å². The second-order valence-corrected chi connectivity index (χ2v) is 8.53. The van der Waals surface area contributed by atoms with Crippen LogP contribution in [0.25, 0.3) is 5.69 Å². The molecular formula is C24H20ClF2N3O3. The number of imide groups is 1. The Balaban J connectivity index is 1.62. The first-order chi connectivity index (χ1) is 15.5. The summed E-state index contributed by atoms with van der Waals surface area (Å²) in [6.45, 7) is 4.33. The van der Waals surface area contributed by atoms with E-state index in [0.29, 0.717) is 16.3 Å². The molecule has 0 bridgehead atoms. The van der Waals surface area contributed by atoms with Gasteiger partial charge in [-0.1, -0.05) is 11.6 Å². The predicted octanol–water partition coefficient (Wildman–Crippen LogP) is 4.68. The van der Waals surface area contributed by atoms with Gasteiger partial charge in [0.1, 0.15) is 17.2 Å². The van der Waals surface area contributed by atoms with Gasteiger partial charge in [0.15, 0.2) is 5.78 Å². The molecular weight excluding hydrogens is 452 g/mol. The fourth-order valence-electron chi connectivity index (χ4n) is 4.17.